The van der Waals surface area contributed by atoms with E-state index in [0.29, 0.717) is 18.1 Å². The van der Waals surface area contributed by atoms with Gasteiger partial charge in [-0.3, -0.25) is 4.79 Å². The third-order valence-corrected chi connectivity index (χ3v) is 4.91. The summed E-state index contributed by atoms with van der Waals surface area (Å²) in [5.41, 5.74) is 5.27. The molecule has 1 N–H and O–H groups in total. The molecule has 0 saturated carbocycles. The molecule has 3 aromatic rings. The molecule has 1 amide bonds. The molecule has 4 rings (SSSR count). The van der Waals surface area contributed by atoms with Gasteiger partial charge in [0.25, 0.3) is 0 Å². The number of halogens is 1. The fourth-order valence-electron chi connectivity index (χ4n) is 2.89. The van der Waals surface area contributed by atoms with Crippen molar-refractivity contribution in [2.75, 3.05) is 6.79 Å². The van der Waals surface area contributed by atoms with Gasteiger partial charge in [-0.2, -0.15) is 5.10 Å². The van der Waals surface area contributed by atoms with Gasteiger partial charge >= 0.3 is 0 Å². The normalized spacial score (nSPS) is 12.2. The quantitative estimate of drug-likeness (QED) is 0.412. The zero-order valence-corrected chi connectivity index (χ0v) is 17.6. The summed E-state index contributed by atoms with van der Waals surface area (Å²) in [6.07, 6.45) is 1.79. The Morgan fingerprint density at radius 2 is 1.83 bits per heavy atom. The predicted octanol–water partition coefficient (Wildman–Crippen LogP) is 4.45. The number of nitrogens with one attached hydrogen (secondary N) is 1. The number of hydrogen-bond acceptors (Lipinski definition) is 5. The van der Waals surface area contributed by atoms with Crippen molar-refractivity contribution in [3.8, 4) is 17.2 Å². The van der Waals surface area contributed by atoms with Crippen molar-refractivity contribution >= 4 is 28.1 Å². The number of fused-ring (bicyclic) bond motifs is 1. The molecule has 0 aliphatic carbocycles. The molecule has 0 spiro atoms. The Bertz CT molecular complexity index is 1070. The summed E-state index contributed by atoms with van der Waals surface area (Å²) in [6.45, 7) is 0.682. The molecule has 30 heavy (non-hydrogen) atoms. The highest BCUT2D eigenvalue weighted by Gasteiger charge is 2.14. The summed E-state index contributed by atoms with van der Waals surface area (Å²) in [5, 5.41) is 4.04. The minimum Gasteiger partial charge on any atom is -0.489 e. The van der Waals surface area contributed by atoms with Crippen molar-refractivity contribution in [3.63, 3.8) is 0 Å². The van der Waals surface area contributed by atoms with Crippen LogP contribution in [-0.4, -0.2) is 18.9 Å². The number of rotatable bonds is 7. The first-order valence-corrected chi connectivity index (χ1v) is 10.1. The Kier molecular flexibility index (Phi) is 6.29. The Labute approximate surface area is 182 Å². The van der Waals surface area contributed by atoms with Crippen LogP contribution in [0.15, 0.2) is 76.3 Å². The minimum atomic E-state index is -0.215. The molecule has 6 nitrogen and oxygen atoms in total. The number of hydrazone groups is 1. The molecule has 0 unspecified atom stereocenters. The van der Waals surface area contributed by atoms with Gasteiger partial charge in [-0.25, -0.2) is 5.43 Å². The van der Waals surface area contributed by atoms with Gasteiger partial charge in [0.15, 0.2) is 11.5 Å². The van der Waals surface area contributed by atoms with Crippen molar-refractivity contribution in [1.82, 2.24) is 5.43 Å². The number of benzene rings is 3. The molecule has 0 bridgehead atoms. The summed E-state index contributed by atoms with van der Waals surface area (Å²) < 4.78 is 17.5. The topological polar surface area (TPSA) is 69.2 Å². The Morgan fingerprint density at radius 3 is 2.70 bits per heavy atom. The maximum absolute atomic E-state index is 12.1. The van der Waals surface area contributed by atoms with Gasteiger partial charge in [0.1, 0.15) is 12.4 Å². The van der Waals surface area contributed by atoms with Crippen molar-refractivity contribution in [1.29, 1.82) is 0 Å². The van der Waals surface area contributed by atoms with Gasteiger partial charge in [0, 0.05) is 4.47 Å². The van der Waals surface area contributed by atoms with E-state index >= 15 is 0 Å². The fraction of sp³-hybridized carbons (Fsp3) is 0.130. The van der Waals surface area contributed by atoms with Crippen LogP contribution >= 0.6 is 15.9 Å². The van der Waals surface area contributed by atoms with Gasteiger partial charge in [-0.15, -0.1) is 0 Å². The number of nitrogens with zero attached hydrogens (tertiary/aromatic N) is 1. The highest BCUT2D eigenvalue weighted by atomic mass is 79.9. The SMILES string of the molecule is O=C(Cc1ccc2c(c1)OCO2)N/N=C\c1cccc(OCc2ccc(Br)cc2)c1. The van der Waals surface area contributed by atoms with Crippen molar-refractivity contribution in [2.45, 2.75) is 13.0 Å². The predicted molar refractivity (Wildman–Crippen MR) is 117 cm³/mol. The molecule has 3 aromatic carbocycles. The van der Waals surface area contributed by atoms with E-state index in [1.54, 1.807) is 18.3 Å². The van der Waals surface area contributed by atoms with E-state index in [1.807, 2.05) is 54.6 Å². The lowest BCUT2D eigenvalue weighted by Crippen LogP contribution is -2.19. The molecular formula is C23H19BrN2O4. The van der Waals surface area contributed by atoms with Crippen LogP contribution in [0.1, 0.15) is 16.7 Å². The van der Waals surface area contributed by atoms with Gasteiger partial charge in [-0.05, 0) is 53.1 Å². The van der Waals surface area contributed by atoms with E-state index in [4.69, 9.17) is 14.2 Å². The van der Waals surface area contributed by atoms with Crippen molar-refractivity contribution in [2.24, 2.45) is 5.10 Å². The number of carbonyl (C=O) groups excluding carboxylic acids is 1. The van der Waals surface area contributed by atoms with Crippen LogP contribution < -0.4 is 19.6 Å². The van der Waals surface area contributed by atoms with Gasteiger partial charge in [-0.1, -0.05) is 46.3 Å². The third-order valence-electron chi connectivity index (χ3n) is 4.38. The average molecular weight is 467 g/mol. The van der Waals surface area contributed by atoms with Crippen LogP contribution in [0.3, 0.4) is 0 Å². The van der Waals surface area contributed by atoms with Gasteiger partial charge in [0.05, 0.1) is 12.6 Å². The van der Waals surface area contributed by atoms with Crippen LogP contribution in [0.25, 0.3) is 0 Å². The second kappa shape index (κ2) is 9.45. The molecule has 1 heterocycles. The van der Waals surface area contributed by atoms with E-state index < -0.39 is 0 Å². The van der Waals surface area contributed by atoms with Crippen LogP contribution in [0.2, 0.25) is 0 Å². The first-order chi connectivity index (χ1) is 14.7. The standard InChI is InChI=1S/C23H19BrN2O4/c24-19-7-4-16(5-8-19)14-28-20-3-1-2-18(10-20)13-25-26-23(27)12-17-6-9-21-22(11-17)30-15-29-21/h1-11,13H,12,14-15H2,(H,26,27)/b25-13-. The first-order valence-electron chi connectivity index (χ1n) is 9.33. The summed E-state index contributed by atoms with van der Waals surface area (Å²) >= 11 is 3.42. The fourth-order valence-corrected chi connectivity index (χ4v) is 3.15. The number of hydrogen-bond donors (Lipinski definition) is 1. The molecule has 0 saturated heterocycles. The number of amides is 1. The summed E-state index contributed by atoms with van der Waals surface area (Å²) in [4.78, 5) is 12.1. The molecule has 0 aromatic heterocycles. The molecule has 0 fully saturated rings. The van der Waals surface area contributed by atoms with Gasteiger partial charge < -0.3 is 14.2 Å². The molecule has 1 aliphatic heterocycles. The highest BCUT2D eigenvalue weighted by molar-refractivity contribution is 9.10. The van der Waals surface area contributed by atoms with Crippen molar-refractivity contribution in [3.05, 3.63) is 87.9 Å². The molecule has 0 atom stereocenters. The smallest absolute Gasteiger partial charge is 0.244 e. The molecule has 152 valence electrons. The van der Waals surface area contributed by atoms with Crippen LogP contribution in [0.4, 0.5) is 0 Å². The zero-order chi connectivity index (χ0) is 20.8. The molecule has 1 aliphatic rings. The Morgan fingerprint density at radius 1 is 1.03 bits per heavy atom. The average Bonchev–Trinajstić information content (AvgIpc) is 3.21. The lowest BCUT2D eigenvalue weighted by atomic mass is 10.1. The van der Waals surface area contributed by atoms with Crippen LogP contribution in [-0.2, 0) is 17.8 Å². The maximum atomic E-state index is 12.1. The lowest BCUT2D eigenvalue weighted by Gasteiger charge is -2.07. The van der Waals surface area contributed by atoms with Crippen molar-refractivity contribution < 1.29 is 19.0 Å². The number of carbonyl (C=O) groups is 1. The summed E-state index contributed by atoms with van der Waals surface area (Å²) in [6, 6.07) is 20.9. The zero-order valence-electron chi connectivity index (χ0n) is 16.0. The molecule has 7 heteroatoms. The van der Waals surface area contributed by atoms with E-state index in [-0.39, 0.29) is 19.1 Å². The summed E-state index contributed by atoms with van der Waals surface area (Å²) in [7, 11) is 0. The third kappa shape index (κ3) is 5.39. The lowest BCUT2D eigenvalue weighted by molar-refractivity contribution is -0.120. The minimum absolute atomic E-state index is 0.199. The second-order valence-corrected chi connectivity index (χ2v) is 7.56. The Balaban J connectivity index is 1.28. The van der Waals surface area contributed by atoms with Crippen LogP contribution in [0.5, 0.6) is 17.2 Å². The highest BCUT2D eigenvalue weighted by Crippen LogP contribution is 2.32. The van der Waals surface area contributed by atoms with E-state index in [0.717, 1.165) is 26.9 Å². The van der Waals surface area contributed by atoms with E-state index in [9.17, 15) is 4.79 Å². The monoisotopic (exact) mass is 466 g/mol. The Hall–Kier alpha value is -3.32. The maximum Gasteiger partial charge on any atom is 0.244 e. The van der Waals surface area contributed by atoms with Crippen LogP contribution in [0, 0.1) is 0 Å². The second-order valence-electron chi connectivity index (χ2n) is 6.65. The van der Waals surface area contributed by atoms with E-state index in [1.165, 1.54) is 0 Å². The van der Waals surface area contributed by atoms with E-state index in [2.05, 4.69) is 26.5 Å². The molecular weight excluding hydrogens is 448 g/mol. The first kappa shape index (κ1) is 20.0. The van der Waals surface area contributed by atoms with Gasteiger partial charge in [0.2, 0.25) is 12.7 Å². The molecule has 0 radical (unpaired) electrons. The summed E-state index contributed by atoms with van der Waals surface area (Å²) in [5.74, 6) is 1.87. The largest absolute Gasteiger partial charge is 0.489 e. The number of ether oxygens (including phenoxy) is 3.